The van der Waals surface area contributed by atoms with Gasteiger partial charge in [-0.1, -0.05) is 11.6 Å². The third-order valence-corrected chi connectivity index (χ3v) is 5.68. The predicted molar refractivity (Wildman–Crippen MR) is 105 cm³/mol. The van der Waals surface area contributed by atoms with Gasteiger partial charge in [0, 0.05) is 24.8 Å². The molecule has 5 rings (SSSR count). The molecule has 0 saturated heterocycles. The van der Waals surface area contributed by atoms with Crippen LogP contribution in [0.4, 0.5) is 5.82 Å². The van der Waals surface area contributed by atoms with Gasteiger partial charge in [0.15, 0.2) is 0 Å². The molecule has 2 aliphatic rings. The number of anilines is 1. The molecule has 28 heavy (non-hydrogen) atoms. The molecule has 0 aromatic carbocycles. The van der Waals surface area contributed by atoms with Gasteiger partial charge in [0.1, 0.15) is 16.7 Å². The summed E-state index contributed by atoms with van der Waals surface area (Å²) < 4.78 is 5.70. The van der Waals surface area contributed by atoms with Crippen molar-refractivity contribution in [2.24, 2.45) is 0 Å². The van der Waals surface area contributed by atoms with Crippen LogP contribution in [0.15, 0.2) is 22.7 Å². The molecule has 0 bridgehead atoms. The number of furan rings is 1. The first kappa shape index (κ1) is 17.4. The molecular formula is C20H20ClN5O2. The maximum atomic E-state index is 13.1. The van der Waals surface area contributed by atoms with Gasteiger partial charge < -0.3 is 14.6 Å². The van der Waals surface area contributed by atoms with Gasteiger partial charge in [0.25, 0.3) is 5.91 Å². The van der Waals surface area contributed by atoms with Crippen LogP contribution in [0.3, 0.4) is 0 Å². The zero-order chi connectivity index (χ0) is 19.5. The fourth-order valence-corrected chi connectivity index (χ4v) is 3.74. The number of fused-ring (bicyclic) bond motifs is 2. The summed E-state index contributed by atoms with van der Waals surface area (Å²) in [6.45, 7) is 5.07. The second kappa shape index (κ2) is 6.17. The molecule has 8 heteroatoms. The van der Waals surface area contributed by atoms with Crippen LogP contribution in [-0.2, 0) is 13.0 Å². The van der Waals surface area contributed by atoms with Crippen molar-refractivity contribution in [3.05, 3.63) is 46.2 Å². The number of nitrogens with one attached hydrogen (secondary N) is 1. The topological polar surface area (TPSA) is 84.2 Å². The number of hydrogen-bond donors (Lipinski definition) is 1. The first-order chi connectivity index (χ1) is 13.4. The number of carbonyl (C=O) groups is 1. The Kier molecular flexibility index (Phi) is 3.84. The first-order valence-corrected chi connectivity index (χ1v) is 9.77. The van der Waals surface area contributed by atoms with E-state index in [0.717, 1.165) is 41.5 Å². The van der Waals surface area contributed by atoms with Crippen LogP contribution in [0.5, 0.6) is 0 Å². The molecular weight excluding hydrogens is 378 g/mol. The number of rotatable bonds is 3. The second-order valence-electron chi connectivity index (χ2n) is 7.91. The molecule has 1 saturated carbocycles. The van der Waals surface area contributed by atoms with Gasteiger partial charge in [-0.25, -0.2) is 9.97 Å². The molecule has 1 fully saturated rings. The molecule has 7 nitrogen and oxygen atoms in total. The molecule has 4 heterocycles. The quantitative estimate of drug-likeness (QED) is 0.678. The Morgan fingerprint density at radius 3 is 2.89 bits per heavy atom. The van der Waals surface area contributed by atoms with Crippen molar-refractivity contribution in [1.82, 2.24) is 19.9 Å². The van der Waals surface area contributed by atoms with Crippen molar-refractivity contribution < 1.29 is 9.21 Å². The summed E-state index contributed by atoms with van der Waals surface area (Å²) in [4.78, 5) is 28.0. The summed E-state index contributed by atoms with van der Waals surface area (Å²) >= 11 is 5.98. The summed E-state index contributed by atoms with van der Waals surface area (Å²) in [6.07, 6.45) is 4.63. The fraction of sp³-hybridized carbons (Fsp3) is 0.400. The molecule has 1 aliphatic heterocycles. The molecule has 0 unspecified atom stereocenters. The highest BCUT2D eigenvalue weighted by atomic mass is 35.5. The fourth-order valence-electron chi connectivity index (χ4n) is 3.56. The maximum absolute atomic E-state index is 13.1. The lowest BCUT2D eigenvalue weighted by Crippen LogP contribution is -2.37. The number of amides is 1. The summed E-state index contributed by atoms with van der Waals surface area (Å²) in [7, 11) is 0. The highest BCUT2D eigenvalue weighted by molar-refractivity contribution is 6.29. The molecule has 144 valence electrons. The van der Waals surface area contributed by atoms with Gasteiger partial charge >= 0.3 is 0 Å². The highest BCUT2D eigenvalue weighted by Crippen LogP contribution is 2.39. The minimum atomic E-state index is -0.208. The van der Waals surface area contributed by atoms with E-state index in [1.807, 2.05) is 19.1 Å². The van der Waals surface area contributed by atoms with Crippen LogP contribution >= 0.6 is 11.6 Å². The standard InChI is InChI=1S/C20H20ClN5O2/c1-11-7-14-16(25-20(2)4-5-20)23-17(24-18(14)28-11)19(27)26-6-3-12-8-15(21)22-9-13(12)10-26/h7-9H,3-6,10H2,1-2H3,(H,23,24,25). The summed E-state index contributed by atoms with van der Waals surface area (Å²) in [5.41, 5.74) is 2.60. The third kappa shape index (κ3) is 3.09. The Morgan fingerprint density at radius 2 is 2.11 bits per heavy atom. The Hall–Kier alpha value is -2.67. The number of pyridine rings is 1. The number of hydrogen-bond acceptors (Lipinski definition) is 6. The number of nitrogens with zero attached hydrogens (tertiary/aromatic N) is 4. The summed E-state index contributed by atoms with van der Waals surface area (Å²) in [6, 6.07) is 3.77. The average Bonchev–Trinajstić information content (AvgIpc) is 3.26. The Morgan fingerprint density at radius 1 is 1.29 bits per heavy atom. The summed E-state index contributed by atoms with van der Waals surface area (Å²) in [5, 5.41) is 4.75. The lowest BCUT2D eigenvalue weighted by molar-refractivity contribution is 0.0722. The lowest BCUT2D eigenvalue weighted by Gasteiger charge is -2.28. The van der Waals surface area contributed by atoms with Crippen LogP contribution in [0, 0.1) is 6.92 Å². The smallest absolute Gasteiger partial charge is 0.292 e. The van der Waals surface area contributed by atoms with Gasteiger partial charge in [-0.3, -0.25) is 4.79 Å². The van der Waals surface area contributed by atoms with Crippen LogP contribution < -0.4 is 5.32 Å². The molecule has 1 amide bonds. The molecule has 0 radical (unpaired) electrons. The van der Waals surface area contributed by atoms with Crippen molar-refractivity contribution in [3.63, 3.8) is 0 Å². The van der Waals surface area contributed by atoms with Crippen molar-refractivity contribution in [2.45, 2.75) is 45.2 Å². The number of halogens is 1. The Labute approximate surface area is 167 Å². The molecule has 0 spiro atoms. The van der Waals surface area contributed by atoms with E-state index in [-0.39, 0.29) is 17.3 Å². The van der Waals surface area contributed by atoms with Gasteiger partial charge in [-0.05, 0) is 56.4 Å². The van der Waals surface area contributed by atoms with Crippen molar-refractivity contribution >= 4 is 34.4 Å². The average molecular weight is 398 g/mol. The van der Waals surface area contributed by atoms with Gasteiger partial charge in [0.05, 0.1) is 5.39 Å². The zero-order valence-corrected chi connectivity index (χ0v) is 16.5. The van der Waals surface area contributed by atoms with Crippen LogP contribution in [-0.4, -0.2) is 37.8 Å². The minimum absolute atomic E-state index is 0.0295. The number of aryl methyl sites for hydroxylation is 1. The lowest BCUT2D eigenvalue weighted by atomic mass is 10.0. The van der Waals surface area contributed by atoms with E-state index < -0.39 is 0 Å². The van der Waals surface area contributed by atoms with Crippen molar-refractivity contribution in [3.8, 4) is 0 Å². The highest BCUT2D eigenvalue weighted by Gasteiger charge is 2.38. The largest absolute Gasteiger partial charge is 0.443 e. The van der Waals surface area contributed by atoms with Crippen molar-refractivity contribution in [2.75, 3.05) is 11.9 Å². The van der Waals surface area contributed by atoms with E-state index in [1.165, 1.54) is 0 Å². The van der Waals surface area contributed by atoms with E-state index >= 15 is 0 Å². The molecule has 3 aromatic rings. The molecule has 3 aromatic heterocycles. The van der Waals surface area contributed by atoms with Gasteiger partial charge in [-0.15, -0.1) is 0 Å². The van der Waals surface area contributed by atoms with Crippen LogP contribution in [0.2, 0.25) is 5.15 Å². The van der Waals surface area contributed by atoms with Gasteiger partial charge in [0.2, 0.25) is 11.5 Å². The number of carbonyl (C=O) groups excluding carboxylic acids is 1. The van der Waals surface area contributed by atoms with E-state index in [2.05, 4.69) is 27.2 Å². The van der Waals surface area contributed by atoms with Gasteiger partial charge in [-0.2, -0.15) is 4.98 Å². The second-order valence-corrected chi connectivity index (χ2v) is 8.30. The molecule has 1 N–H and O–H groups in total. The predicted octanol–water partition coefficient (Wildman–Crippen LogP) is 3.74. The van der Waals surface area contributed by atoms with Crippen LogP contribution in [0.25, 0.3) is 11.1 Å². The minimum Gasteiger partial charge on any atom is -0.443 e. The third-order valence-electron chi connectivity index (χ3n) is 5.48. The maximum Gasteiger partial charge on any atom is 0.292 e. The molecule has 0 atom stereocenters. The molecule has 1 aliphatic carbocycles. The zero-order valence-electron chi connectivity index (χ0n) is 15.8. The SMILES string of the molecule is Cc1cc2c(NC3(C)CC3)nc(C(=O)N3CCc4cc(Cl)ncc4C3)nc2o1. The number of aromatic nitrogens is 3. The van der Waals surface area contributed by atoms with Crippen molar-refractivity contribution in [1.29, 1.82) is 0 Å². The first-order valence-electron chi connectivity index (χ1n) is 9.39. The normalized spacial score (nSPS) is 17.5. The Balaban J connectivity index is 1.48. The van der Waals surface area contributed by atoms with E-state index in [9.17, 15) is 4.79 Å². The van der Waals surface area contributed by atoms with E-state index in [1.54, 1.807) is 11.1 Å². The van der Waals surface area contributed by atoms with Crippen LogP contribution in [0.1, 0.15) is 47.3 Å². The van der Waals surface area contributed by atoms with E-state index in [4.69, 9.17) is 16.0 Å². The monoisotopic (exact) mass is 397 g/mol. The summed E-state index contributed by atoms with van der Waals surface area (Å²) in [5.74, 6) is 1.35. The van der Waals surface area contributed by atoms with E-state index in [0.29, 0.717) is 29.8 Å². The Bertz CT molecular complexity index is 1110.